The summed E-state index contributed by atoms with van der Waals surface area (Å²) in [5, 5.41) is 16.3. The molecule has 0 spiro atoms. The number of benzene rings is 2. The first-order valence-corrected chi connectivity index (χ1v) is 7.29. The second-order valence-corrected chi connectivity index (χ2v) is 5.44. The average Bonchev–Trinajstić information content (AvgIpc) is 2.49. The fraction of sp³-hybridized carbons (Fsp3) is 0.278. The minimum absolute atomic E-state index is 0.438. The number of hydrogen-bond acceptors (Lipinski definition) is 3. The highest BCUT2D eigenvalue weighted by molar-refractivity contribution is 5.70. The number of anilines is 2. The summed E-state index contributed by atoms with van der Waals surface area (Å²) in [6.45, 7) is 4.17. The molecule has 1 N–H and O–H groups in total. The maximum Gasteiger partial charge on any atom is 0.0911 e. The van der Waals surface area contributed by atoms with Crippen LogP contribution in [-0.2, 0) is 0 Å². The van der Waals surface area contributed by atoms with E-state index < -0.39 is 6.10 Å². The van der Waals surface area contributed by atoms with Gasteiger partial charge in [-0.3, -0.25) is 0 Å². The molecular formula is C18H22N2O. The van der Waals surface area contributed by atoms with E-state index in [1.54, 1.807) is 6.21 Å². The van der Waals surface area contributed by atoms with Crippen LogP contribution in [0.2, 0.25) is 0 Å². The highest BCUT2D eigenvalue weighted by atomic mass is 16.3. The zero-order valence-electron chi connectivity index (χ0n) is 12.6. The Kier molecular flexibility index (Phi) is 5.52. The molecule has 2 aromatic rings. The Labute approximate surface area is 126 Å². The number of rotatable bonds is 6. The molecule has 0 heterocycles. The van der Waals surface area contributed by atoms with E-state index >= 15 is 0 Å². The summed E-state index contributed by atoms with van der Waals surface area (Å²) in [5.74, 6) is 0.438. The Morgan fingerprint density at radius 3 is 1.86 bits per heavy atom. The van der Waals surface area contributed by atoms with Gasteiger partial charge in [0.25, 0.3) is 0 Å². The second-order valence-electron chi connectivity index (χ2n) is 5.44. The predicted octanol–water partition coefficient (Wildman–Crippen LogP) is 4.22. The normalized spacial score (nSPS) is 12.8. The van der Waals surface area contributed by atoms with E-state index in [9.17, 15) is 5.11 Å². The van der Waals surface area contributed by atoms with Crippen LogP contribution in [0.3, 0.4) is 0 Å². The molecule has 3 nitrogen and oxygen atoms in total. The van der Waals surface area contributed by atoms with Crippen LogP contribution in [-0.4, -0.2) is 17.4 Å². The fourth-order valence-corrected chi connectivity index (χ4v) is 2.11. The van der Waals surface area contributed by atoms with Gasteiger partial charge >= 0.3 is 0 Å². The number of aliphatic hydroxyl groups excluding tert-OH is 1. The smallest absolute Gasteiger partial charge is 0.0911 e. The van der Waals surface area contributed by atoms with Crippen molar-refractivity contribution in [3.05, 3.63) is 60.7 Å². The van der Waals surface area contributed by atoms with Gasteiger partial charge in [0, 0.05) is 0 Å². The van der Waals surface area contributed by atoms with Crippen molar-refractivity contribution < 1.29 is 5.11 Å². The molecular weight excluding hydrogens is 260 g/mol. The molecule has 0 radical (unpaired) electrons. The van der Waals surface area contributed by atoms with E-state index in [1.807, 2.05) is 65.7 Å². The predicted molar refractivity (Wildman–Crippen MR) is 89.0 cm³/mol. The standard InChI is InChI=1S/C18H22N2O/c1-15(2)13-18(21)14-19-20(16-9-5-3-6-10-16)17-11-7-4-8-12-17/h3-12,14-15,18,21H,13H2,1-2H3/b19-14+/t18-/m0/s1. The van der Waals surface area contributed by atoms with Crippen molar-refractivity contribution in [2.45, 2.75) is 26.4 Å². The minimum atomic E-state index is -0.528. The van der Waals surface area contributed by atoms with E-state index in [2.05, 4.69) is 18.9 Å². The molecule has 0 aliphatic rings. The topological polar surface area (TPSA) is 35.8 Å². The first kappa shape index (κ1) is 15.3. The van der Waals surface area contributed by atoms with Gasteiger partial charge in [-0.1, -0.05) is 50.2 Å². The van der Waals surface area contributed by atoms with Crippen LogP contribution in [0.4, 0.5) is 11.4 Å². The largest absolute Gasteiger partial charge is 0.387 e. The number of hydrogen-bond donors (Lipinski definition) is 1. The minimum Gasteiger partial charge on any atom is -0.387 e. The highest BCUT2D eigenvalue weighted by Crippen LogP contribution is 2.25. The molecule has 21 heavy (non-hydrogen) atoms. The molecule has 0 aliphatic carbocycles. The maximum atomic E-state index is 9.99. The monoisotopic (exact) mass is 282 g/mol. The summed E-state index contributed by atoms with van der Waals surface area (Å²) < 4.78 is 0. The molecule has 0 aromatic heterocycles. The van der Waals surface area contributed by atoms with Gasteiger partial charge in [-0.05, 0) is 36.6 Å². The van der Waals surface area contributed by atoms with Gasteiger partial charge in [-0.25, -0.2) is 5.01 Å². The molecule has 0 aliphatic heterocycles. The fourth-order valence-electron chi connectivity index (χ4n) is 2.11. The van der Waals surface area contributed by atoms with Gasteiger partial charge in [0.05, 0.1) is 23.7 Å². The Hall–Kier alpha value is -2.13. The van der Waals surface area contributed by atoms with Crippen LogP contribution in [0.25, 0.3) is 0 Å². The van der Waals surface area contributed by atoms with Crippen LogP contribution in [0.5, 0.6) is 0 Å². The van der Waals surface area contributed by atoms with Gasteiger partial charge in [0.1, 0.15) is 0 Å². The number of nitrogens with zero attached hydrogens (tertiary/aromatic N) is 2. The van der Waals surface area contributed by atoms with Crippen LogP contribution in [0, 0.1) is 5.92 Å². The summed E-state index contributed by atoms with van der Waals surface area (Å²) in [6, 6.07) is 19.9. The molecule has 2 rings (SSSR count). The van der Waals surface area contributed by atoms with Crippen molar-refractivity contribution in [3.63, 3.8) is 0 Å². The Morgan fingerprint density at radius 2 is 1.43 bits per heavy atom. The summed E-state index contributed by atoms with van der Waals surface area (Å²) in [4.78, 5) is 0. The molecule has 0 unspecified atom stereocenters. The van der Waals surface area contributed by atoms with Crippen molar-refractivity contribution in [2.75, 3.05) is 5.01 Å². The Bertz CT molecular complexity index is 512. The quantitative estimate of drug-likeness (QED) is 0.636. The Morgan fingerprint density at radius 1 is 0.952 bits per heavy atom. The lowest BCUT2D eigenvalue weighted by atomic mass is 10.1. The van der Waals surface area contributed by atoms with Crippen LogP contribution < -0.4 is 5.01 Å². The SMILES string of the molecule is CC(C)C[C@H](O)/C=N/N(c1ccccc1)c1ccccc1. The first-order chi connectivity index (χ1) is 10.2. The van der Waals surface area contributed by atoms with Gasteiger partial charge in [-0.15, -0.1) is 0 Å². The van der Waals surface area contributed by atoms with E-state index in [1.165, 1.54) is 0 Å². The lowest BCUT2D eigenvalue weighted by molar-refractivity contribution is 0.217. The number of hydrazone groups is 1. The number of para-hydroxylation sites is 2. The summed E-state index contributed by atoms with van der Waals surface area (Å²) in [7, 11) is 0. The molecule has 0 bridgehead atoms. The van der Waals surface area contributed by atoms with Crippen molar-refractivity contribution in [3.8, 4) is 0 Å². The third-order valence-corrected chi connectivity index (χ3v) is 3.07. The van der Waals surface area contributed by atoms with Gasteiger partial charge < -0.3 is 5.11 Å². The zero-order chi connectivity index (χ0) is 15.1. The molecule has 0 amide bonds. The van der Waals surface area contributed by atoms with Crippen molar-refractivity contribution in [1.29, 1.82) is 0 Å². The second kappa shape index (κ2) is 7.60. The first-order valence-electron chi connectivity index (χ1n) is 7.29. The third-order valence-electron chi connectivity index (χ3n) is 3.07. The van der Waals surface area contributed by atoms with Crippen LogP contribution >= 0.6 is 0 Å². The lowest BCUT2D eigenvalue weighted by Gasteiger charge is -2.20. The molecule has 0 saturated carbocycles. The van der Waals surface area contributed by atoms with Gasteiger partial charge in [0.2, 0.25) is 0 Å². The van der Waals surface area contributed by atoms with Crippen molar-refractivity contribution >= 4 is 17.6 Å². The molecule has 1 atom stereocenters. The van der Waals surface area contributed by atoms with Crippen LogP contribution in [0.15, 0.2) is 65.8 Å². The van der Waals surface area contributed by atoms with Crippen molar-refractivity contribution in [2.24, 2.45) is 11.0 Å². The van der Waals surface area contributed by atoms with Crippen molar-refractivity contribution in [1.82, 2.24) is 0 Å². The Balaban J connectivity index is 2.23. The maximum absolute atomic E-state index is 9.99. The molecule has 3 heteroatoms. The molecule has 0 fully saturated rings. The summed E-state index contributed by atoms with van der Waals surface area (Å²) >= 11 is 0. The van der Waals surface area contributed by atoms with Gasteiger partial charge in [0.15, 0.2) is 0 Å². The average molecular weight is 282 g/mol. The van der Waals surface area contributed by atoms with E-state index in [0.717, 1.165) is 11.4 Å². The van der Waals surface area contributed by atoms with Gasteiger partial charge in [-0.2, -0.15) is 5.10 Å². The molecule has 2 aromatic carbocycles. The summed E-state index contributed by atoms with van der Waals surface area (Å²) in [6.07, 6.45) is 1.79. The van der Waals surface area contributed by atoms with E-state index in [-0.39, 0.29) is 0 Å². The van der Waals surface area contributed by atoms with E-state index in [4.69, 9.17) is 0 Å². The molecule has 110 valence electrons. The highest BCUT2D eigenvalue weighted by Gasteiger charge is 2.08. The zero-order valence-corrected chi connectivity index (χ0v) is 12.6. The lowest BCUT2D eigenvalue weighted by Crippen LogP contribution is -2.16. The van der Waals surface area contributed by atoms with E-state index in [0.29, 0.717) is 12.3 Å². The number of aliphatic hydroxyl groups is 1. The molecule has 0 saturated heterocycles. The summed E-state index contributed by atoms with van der Waals surface area (Å²) in [5.41, 5.74) is 1.94. The third kappa shape index (κ3) is 4.72. The van der Waals surface area contributed by atoms with Crippen LogP contribution in [0.1, 0.15) is 20.3 Å².